The van der Waals surface area contributed by atoms with Gasteiger partial charge < -0.3 is 14.8 Å². The average Bonchev–Trinajstić information content (AvgIpc) is 2.86. The van der Waals surface area contributed by atoms with Crippen LogP contribution in [0.3, 0.4) is 0 Å². The molecule has 0 bridgehead atoms. The summed E-state index contributed by atoms with van der Waals surface area (Å²) in [5.74, 6) is -1.96. The van der Waals surface area contributed by atoms with Crippen LogP contribution in [-0.2, 0) is 19.6 Å². The number of hydrogen-bond donors (Lipinski definition) is 3. The largest absolute Gasteiger partial charge is 0.480 e. The standard InChI is InChI=1S/C12H18N2O6S/c1-7(2)4-9(11(15)16)14-21(18,19)8-5-10(13-6-8)12(17)20-3/h5-7,9,13-14H,4H2,1-3H3,(H,15,16). The number of nitrogens with one attached hydrogen (secondary N) is 2. The molecule has 0 amide bonds. The van der Waals surface area contributed by atoms with E-state index in [1.165, 1.54) is 7.11 Å². The molecular weight excluding hydrogens is 300 g/mol. The minimum absolute atomic E-state index is 0.00524. The highest BCUT2D eigenvalue weighted by Gasteiger charge is 2.27. The van der Waals surface area contributed by atoms with Crippen LogP contribution in [-0.4, -0.2) is 43.6 Å². The normalized spacial score (nSPS) is 13.1. The van der Waals surface area contributed by atoms with E-state index in [4.69, 9.17) is 5.11 Å². The summed E-state index contributed by atoms with van der Waals surface area (Å²) in [6.07, 6.45) is 1.26. The number of hydrogen-bond acceptors (Lipinski definition) is 5. The Hall–Kier alpha value is -1.87. The number of H-pyrrole nitrogens is 1. The van der Waals surface area contributed by atoms with Crippen molar-refractivity contribution < 1.29 is 27.9 Å². The molecule has 0 aliphatic carbocycles. The number of carboxylic acid groups (broad SMARTS) is 1. The van der Waals surface area contributed by atoms with Gasteiger partial charge in [0.1, 0.15) is 16.6 Å². The van der Waals surface area contributed by atoms with E-state index < -0.39 is 28.0 Å². The number of methoxy groups -OCH3 is 1. The zero-order valence-corrected chi connectivity index (χ0v) is 12.7. The minimum Gasteiger partial charge on any atom is -0.480 e. The molecule has 21 heavy (non-hydrogen) atoms. The van der Waals surface area contributed by atoms with Crippen LogP contribution in [0.2, 0.25) is 0 Å². The molecule has 1 rings (SSSR count). The Kier molecular flexibility index (Phi) is 5.50. The van der Waals surface area contributed by atoms with Gasteiger partial charge in [0.05, 0.1) is 7.11 Å². The van der Waals surface area contributed by atoms with Crippen LogP contribution in [0.25, 0.3) is 0 Å². The molecule has 0 saturated heterocycles. The van der Waals surface area contributed by atoms with Gasteiger partial charge in [-0.25, -0.2) is 13.2 Å². The maximum Gasteiger partial charge on any atom is 0.354 e. The summed E-state index contributed by atoms with van der Waals surface area (Å²) in [7, 11) is -2.88. The van der Waals surface area contributed by atoms with Crippen LogP contribution in [0.4, 0.5) is 0 Å². The van der Waals surface area contributed by atoms with Crippen molar-refractivity contribution in [3.63, 3.8) is 0 Å². The first kappa shape index (κ1) is 17.2. The molecule has 0 spiro atoms. The Labute approximate surface area is 122 Å². The van der Waals surface area contributed by atoms with Gasteiger partial charge in [0.25, 0.3) is 0 Å². The molecule has 0 saturated carbocycles. The van der Waals surface area contributed by atoms with Crippen molar-refractivity contribution in [1.29, 1.82) is 0 Å². The van der Waals surface area contributed by atoms with Crippen molar-refractivity contribution in [3.8, 4) is 0 Å². The number of aliphatic carboxylic acids is 1. The molecule has 0 aromatic carbocycles. The van der Waals surface area contributed by atoms with Gasteiger partial charge in [0.2, 0.25) is 10.0 Å². The summed E-state index contributed by atoms with van der Waals surface area (Å²) in [6, 6.07) is -0.144. The Balaban J connectivity index is 2.97. The lowest BCUT2D eigenvalue weighted by atomic mass is 10.1. The van der Waals surface area contributed by atoms with Gasteiger partial charge in [-0.1, -0.05) is 13.8 Å². The number of aromatic nitrogens is 1. The quantitative estimate of drug-likeness (QED) is 0.631. The molecule has 1 atom stereocenters. The highest BCUT2D eigenvalue weighted by molar-refractivity contribution is 7.89. The van der Waals surface area contributed by atoms with E-state index >= 15 is 0 Å². The molecule has 1 aromatic heterocycles. The maximum absolute atomic E-state index is 12.1. The average molecular weight is 318 g/mol. The van der Waals surface area contributed by atoms with E-state index in [9.17, 15) is 18.0 Å². The summed E-state index contributed by atoms with van der Waals surface area (Å²) >= 11 is 0. The van der Waals surface area contributed by atoms with Crippen LogP contribution in [0.15, 0.2) is 17.2 Å². The number of carboxylic acids is 1. The van der Waals surface area contributed by atoms with Gasteiger partial charge in [0.15, 0.2) is 0 Å². The van der Waals surface area contributed by atoms with Gasteiger partial charge in [-0.15, -0.1) is 0 Å². The van der Waals surface area contributed by atoms with E-state index in [1.54, 1.807) is 13.8 Å². The topological polar surface area (TPSA) is 126 Å². The minimum atomic E-state index is -4.04. The molecule has 9 heteroatoms. The lowest BCUT2D eigenvalue weighted by Gasteiger charge is -2.15. The molecule has 1 unspecified atom stereocenters. The van der Waals surface area contributed by atoms with Crippen LogP contribution >= 0.6 is 0 Å². The van der Waals surface area contributed by atoms with E-state index in [0.717, 1.165) is 12.3 Å². The Bertz CT molecular complexity index is 619. The maximum atomic E-state index is 12.1. The summed E-state index contributed by atoms with van der Waals surface area (Å²) in [5.41, 5.74) is -0.0337. The molecule has 1 heterocycles. The molecule has 0 radical (unpaired) electrons. The third-order valence-corrected chi connectivity index (χ3v) is 4.13. The fourth-order valence-electron chi connectivity index (χ4n) is 1.68. The van der Waals surface area contributed by atoms with E-state index in [-0.39, 0.29) is 22.9 Å². The van der Waals surface area contributed by atoms with Gasteiger partial charge in [-0.3, -0.25) is 4.79 Å². The molecular formula is C12H18N2O6S. The number of carbonyl (C=O) groups excluding carboxylic acids is 1. The SMILES string of the molecule is COC(=O)c1cc(S(=O)(=O)NC(CC(C)C)C(=O)O)c[nH]1. The lowest BCUT2D eigenvalue weighted by Crippen LogP contribution is -2.41. The lowest BCUT2D eigenvalue weighted by molar-refractivity contribution is -0.139. The van der Waals surface area contributed by atoms with Crippen LogP contribution in [0, 0.1) is 5.92 Å². The van der Waals surface area contributed by atoms with Crippen LogP contribution < -0.4 is 4.72 Å². The number of aromatic amines is 1. The molecule has 3 N–H and O–H groups in total. The van der Waals surface area contributed by atoms with Crippen LogP contribution in [0.1, 0.15) is 30.8 Å². The van der Waals surface area contributed by atoms with E-state index in [0.29, 0.717) is 0 Å². The number of carbonyl (C=O) groups is 2. The first-order valence-corrected chi connectivity index (χ1v) is 7.67. The second-order valence-electron chi connectivity index (χ2n) is 4.88. The number of ether oxygens (including phenoxy) is 1. The van der Waals surface area contributed by atoms with Gasteiger partial charge in [-0.2, -0.15) is 4.72 Å². The molecule has 1 aromatic rings. The third-order valence-electron chi connectivity index (χ3n) is 2.67. The second kappa shape index (κ2) is 6.72. The zero-order chi connectivity index (χ0) is 16.2. The fraction of sp³-hybridized carbons (Fsp3) is 0.500. The molecule has 118 valence electrons. The first-order valence-electron chi connectivity index (χ1n) is 6.19. The van der Waals surface area contributed by atoms with Crippen molar-refractivity contribution in [2.24, 2.45) is 5.92 Å². The molecule has 0 aliphatic heterocycles. The summed E-state index contributed by atoms with van der Waals surface area (Å²) in [6.45, 7) is 3.58. The predicted molar refractivity (Wildman–Crippen MR) is 73.3 cm³/mol. The highest BCUT2D eigenvalue weighted by atomic mass is 32.2. The van der Waals surface area contributed by atoms with Gasteiger partial charge >= 0.3 is 11.9 Å². The van der Waals surface area contributed by atoms with Crippen molar-refractivity contribution in [2.45, 2.75) is 31.2 Å². The monoisotopic (exact) mass is 318 g/mol. The highest BCUT2D eigenvalue weighted by Crippen LogP contribution is 2.14. The van der Waals surface area contributed by atoms with Crippen molar-refractivity contribution in [2.75, 3.05) is 7.11 Å². The summed E-state index contributed by atoms with van der Waals surface area (Å²) in [5, 5.41) is 9.05. The Morgan fingerprint density at radius 2 is 2.05 bits per heavy atom. The van der Waals surface area contributed by atoms with Crippen molar-refractivity contribution in [3.05, 3.63) is 18.0 Å². The third kappa shape index (κ3) is 4.57. The van der Waals surface area contributed by atoms with Gasteiger partial charge in [-0.05, 0) is 18.4 Å². The number of esters is 1. The first-order chi connectivity index (χ1) is 9.67. The molecule has 8 nitrogen and oxygen atoms in total. The van der Waals surface area contributed by atoms with Crippen molar-refractivity contribution in [1.82, 2.24) is 9.71 Å². The predicted octanol–water partition coefficient (Wildman–Crippen LogP) is 0.579. The second-order valence-corrected chi connectivity index (χ2v) is 6.60. The molecule has 0 aliphatic rings. The Morgan fingerprint density at radius 1 is 1.43 bits per heavy atom. The summed E-state index contributed by atoms with van der Waals surface area (Å²) < 4.78 is 30.8. The summed E-state index contributed by atoms with van der Waals surface area (Å²) in [4.78, 5) is 24.6. The van der Waals surface area contributed by atoms with Crippen LogP contribution in [0.5, 0.6) is 0 Å². The Morgan fingerprint density at radius 3 is 2.52 bits per heavy atom. The fourth-order valence-corrected chi connectivity index (χ4v) is 2.88. The van der Waals surface area contributed by atoms with E-state index in [2.05, 4.69) is 14.4 Å². The number of rotatable bonds is 7. The zero-order valence-electron chi connectivity index (χ0n) is 11.9. The molecule has 0 fully saturated rings. The van der Waals surface area contributed by atoms with E-state index in [1.807, 2.05) is 0 Å². The van der Waals surface area contributed by atoms with Gasteiger partial charge in [0, 0.05) is 6.20 Å². The van der Waals surface area contributed by atoms with Crippen molar-refractivity contribution >= 4 is 22.0 Å². The smallest absolute Gasteiger partial charge is 0.354 e. The number of sulfonamides is 1.